The Morgan fingerprint density at radius 1 is 1.15 bits per heavy atom. The van der Waals surface area contributed by atoms with Gasteiger partial charge in [-0.25, -0.2) is 0 Å². The third-order valence-corrected chi connectivity index (χ3v) is 4.81. The molecule has 0 spiro atoms. The molecule has 0 saturated heterocycles. The quantitative estimate of drug-likeness (QED) is 0.296. The number of carbonyl (C=O) groups excluding carboxylic acids is 2. The first kappa shape index (κ1) is 23.6. The highest BCUT2D eigenvalue weighted by Gasteiger charge is 2.19. The van der Waals surface area contributed by atoms with E-state index in [9.17, 15) is 19.7 Å². The summed E-state index contributed by atoms with van der Waals surface area (Å²) in [5.41, 5.74) is 2.40. The van der Waals surface area contributed by atoms with Crippen molar-refractivity contribution in [3.05, 3.63) is 57.6 Å². The van der Waals surface area contributed by atoms with E-state index in [-0.39, 0.29) is 36.8 Å². The van der Waals surface area contributed by atoms with Crippen LogP contribution < -0.4 is 10.6 Å². The molecular weight excluding hydrogens is 430 g/mol. The number of nitrogens with zero attached hydrogens (tertiary/aromatic N) is 5. The van der Waals surface area contributed by atoms with E-state index in [1.165, 1.54) is 10.7 Å². The van der Waals surface area contributed by atoms with Crippen molar-refractivity contribution in [1.82, 2.24) is 30.6 Å². The highest BCUT2D eigenvalue weighted by atomic mass is 16.6. The van der Waals surface area contributed by atoms with E-state index in [1.54, 1.807) is 6.92 Å². The van der Waals surface area contributed by atoms with Gasteiger partial charge in [0.2, 0.25) is 11.7 Å². The molecule has 33 heavy (non-hydrogen) atoms. The highest BCUT2D eigenvalue weighted by Crippen LogP contribution is 2.25. The number of hydrogen-bond donors (Lipinski definition) is 2. The average Bonchev–Trinajstić information content (AvgIpc) is 3.38. The molecular formula is C21H25N7O5. The van der Waals surface area contributed by atoms with Gasteiger partial charge in [-0.05, 0) is 22.8 Å². The van der Waals surface area contributed by atoms with Crippen LogP contribution in [0.3, 0.4) is 0 Å². The molecule has 0 atom stereocenters. The number of rotatable bonds is 8. The third-order valence-electron chi connectivity index (χ3n) is 4.81. The zero-order valence-corrected chi connectivity index (χ0v) is 18.8. The van der Waals surface area contributed by atoms with E-state index in [2.05, 4.69) is 46.6 Å². The van der Waals surface area contributed by atoms with Crippen LogP contribution in [0, 0.1) is 17.0 Å². The molecule has 0 aliphatic heterocycles. The lowest BCUT2D eigenvalue weighted by Gasteiger charge is -2.18. The first-order valence-electron chi connectivity index (χ1n) is 10.2. The van der Waals surface area contributed by atoms with Gasteiger partial charge < -0.3 is 25.3 Å². The molecule has 2 aromatic heterocycles. The lowest BCUT2D eigenvalue weighted by Crippen LogP contribution is -2.36. The molecule has 0 saturated carbocycles. The first-order valence-corrected chi connectivity index (χ1v) is 10.2. The van der Waals surface area contributed by atoms with Gasteiger partial charge in [-0.1, -0.05) is 50.2 Å². The van der Waals surface area contributed by atoms with E-state index in [1.807, 2.05) is 24.3 Å². The van der Waals surface area contributed by atoms with Crippen LogP contribution in [-0.2, 0) is 16.8 Å². The Morgan fingerprint density at radius 3 is 2.42 bits per heavy atom. The molecule has 0 unspecified atom stereocenters. The second kappa shape index (κ2) is 9.59. The minimum atomic E-state index is -0.624. The molecule has 0 aliphatic carbocycles. The summed E-state index contributed by atoms with van der Waals surface area (Å²) in [6.07, 6.45) is 0. The first-order chi connectivity index (χ1) is 15.5. The summed E-state index contributed by atoms with van der Waals surface area (Å²) in [7, 11) is 0. The average molecular weight is 455 g/mol. The maximum atomic E-state index is 12.2. The van der Waals surface area contributed by atoms with Crippen molar-refractivity contribution >= 4 is 17.6 Å². The smallest absolute Gasteiger partial charge is 0.358 e. The van der Waals surface area contributed by atoms with Crippen molar-refractivity contribution in [2.24, 2.45) is 0 Å². The van der Waals surface area contributed by atoms with Crippen LogP contribution in [0.25, 0.3) is 11.4 Å². The molecule has 2 N–H and O–H groups in total. The fourth-order valence-corrected chi connectivity index (χ4v) is 2.94. The Labute approximate surface area is 189 Å². The van der Waals surface area contributed by atoms with E-state index in [4.69, 9.17) is 4.52 Å². The minimum absolute atomic E-state index is 0.0193. The summed E-state index contributed by atoms with van der Waals surface area (Å²) < 4.78 is 6.28. The van der Waals surface area contributed by atoms with Crippen molar-refractivity contribution in [3.8, 4) is 11.4 Å². The van der Waals surface area contributed by atoms with Crippen LogP contribution in [0.1, 0.15) is 42.7 Å². The molecule has 0 fully saturated rings. The topological polar surface area (TPSA) is 158 Å². The van der Waals surface area contributed by atoms with Gasteiger partial charge in [0.15, 0.2) is 0 Å². The van der Waals surface area contributed by atoms with Gasteiger partial charge in [0.05, 0.1) is 16.9 Å². The van der Waals surface area contributed by atoms with Crippen molar-refractivity contribution in [3.63, 3.8) is 0 Å². The minimum Gasteiger partial charge on any atom is -0.358 e. The van der Waals surface area contributed by atoms with Crippen molar-refractivity contribution in [1.29, 1.82) is 0 Å². The number of aromatic nitrogens is 4. The molecule has 2 heterocycles. The van der Waals surface area contributed by atoms with Gasteiger partial charge in [-0.15, -0.1) is 0 Å². The van der Waals surface area contributed by atoms with Gasteiger partial charge in [0, 0.05) is 18.7 Å². The van der Waals surface area contributed by atoms with Crippen LogP contribution in [0.15, 0.2) is 34.9 Å². The normalized spacial score (nSPS) is 11.3. The standard InChI is InChI=1S/C21H25N7O5/c1-13-11-16(28(31)32)25-27(13)12-17(29)22-9-10-23-19(30)20-24-18(26-33-20)14-5-7-15(8-6-14)21(2,3)4/h5-8,11H,9-10,12H2,1-4H3,(H,22,29)(H,23,30). The number of nitro groups is 1. The molecule has 0 aliphatic rings. The summed E-state index contributed by atoms with van der Waals surface area (Å²) >= 11 is 0. The van der Waals surface area contributed by atoms with E-state index >= 15 is 0 Å². The van der Waals surface area contributed by atoms with Crippen molar-refractivity contribution < 1.29 is 19.0 Å². The second-order valence-electron chi connectivity index (χ2n) is 8.42. The molecule has 12 nitrogen and oxygen atoms in total. The predicted molar refractivity (Wildman–Crippen MR) is 117 cm³/mol. The maximum absolute atomic E-state index is 12.2. The number of nitrogens with one attached hydrogen (secondary N) is 2. The zero-order chi connectivity index (χ0) is 24.2. The number of aryl methyl sites for hydroxylation is 1. The fraction of sp³-hybridized carbons (Fsp3) is 0.381. The van der Waals surface area contributed by atoms with Crippen LogP contribution in [0.5, 0.6) is 0 Å². The highest BCUT2D eigenvalue weighted by molar-refractivity contribution is 5.89. The molecule has 3 rings (SSSR count). The van der Waals surface area contributed by atoms with Crippen molar-refractivity contribution in [2.45, 2.75) is 39.7 Å². The summed E-state index contributed by atoms with van der Waals surface area (Å²) in [6.45, 7) is 8.06. The Balaban J connectivity index is 1.46. The summed E-state index contributed by atoms with van der Waals surface area (Å²) in [5, 5.41) is 23.5. The molecule has 3 aromatic rings. The largest absolute Gasteiger partial charge is 0.390 e. The van der Waals surface area contributed by atoms with Gasteiger partial charge in [-0.3, -0.25) is 9.59 Å². The molecule has 2 amide bonds. The number of hydrogen-bond acceptors (Lipinski definition) is 8. The summed E-state index contributed by atoms with van der Waals surface area (Å²) in [6, 6.07) is 9.00. The molecule has 0 radical (unpaired) electrons. The van der Waals surface area contributed by atoms with Gasteiger partial charge >= 0.3 is 17.6 Å². The van der Waals surface area contributed by atoms with E-state index < -0.39 is 16.7 Å². The number of carbonyl (C=O) groups is 2. The zero-order valence-electron chi connectivity index (χ0n) is 18.8. The molecule has 12 heteroatoms. The number of amides is 2. The molecule has 0 bridgehead atoms. The lowest BCUT2D eigenvalue weighted by molar-refractivity contribution is -0.389. The van der Waals surface area contributed by atoms with Gasteiger partial charge in [0.1, 0.15) is 6.54 Å². The molecule has 1 aromatic carbocycles. The fourth-order valence-electron chi connectivity index (χ4n) is 2.94. The lowest BCUT2D eigenvalue weighted by atomic mass is 9.87. The SMILES string of the molecule is Cc1cc([N+](=O)[O-])nn1CC(=O)NCCNC(=O)c1nc(-c2ccc(C(C)(C)C)cc2)no1. The van der Waals surface area contributed by atoms with Gasteiger partial charge in [-0.2, -0.15) is 9.67 Å². The van der Waals surface area contributed by atoms with Crippen LogP contribution in [0.2, 0.25) is 0 Å². The Morgan fingerprint density at radius 2 is 1.82 bits per heavy atom. The predicted octanol–water partition coefficient (Wildman–Crippen LogP) is 1.99. The van der Waals surface area contributed by atoms with E-state index in [0.717, 1.165) is 11.1 Å². The summed E-state index contributed by atoms with van der Waals surface area (Å²) in [4.78, 5) is 38.5. The Bertz CT molecular complexity index is 1160. The van der Waals surface area contributed by atoms with Crippen LogP contribution in [-0.4, -0.2) is 49.7 Å². The second-order valence-corrected chi connectivity index (χ2v) is 8.42. The van der Waals surface area contributed by atoms with Crippen LogP contribution in [0.4, 0.5) is 5.82 Å². The monoisotopic (exact) mass is 455 g/mol. The molecule has 174 valence electrons. The van der Waals surface area contributed by atoms with Crippen LogP contribution >= 0.6 is 0 Å². The maximum Gasteiger partial charge on any atom is 0.390 e. The number of benzene rings is 1. The Kier molecular flexibility index (Phi) is 6.85. The van der Waals surface area contributed by atoms with E-state index in [0.29, 0.717) is 11.5 Å². The summed E-state index contributed by atoms with van der Waals surface area (Å²) in [5.74, 6) is -1.16. The van der Waals surface area contributed by atoms with Crippen molar-refractivity contribution in [2.75, 3.05) is 13.1 Å². The Hall–Kier alpha value is -4.09. The van der Waals surface area contributed by atoms with Gasteiger partial charge in [0.25, 0.3) is 0 Å². The third kappa shape index (κ3) is 5.99.